The Morgan fingerprint density at radius 1 is 1.09 bits per heavy atom. The number of carbonyl (C=O) groups is 2. The molecule has 120 valence electrons. The van der Waals surface area contributed by atoms with Crippen molar-refractivity contribution in [2.24, 2.45) is 5.73 Å². The topological polar surface area (TPSA) is 93.5 Å². The lowest BCUT2D eigenvalue weighted by Gasteiger charge is -2.09. The van der Waals surface area contributed by atoms with Gasteiger partial charge in [-0.25, -0.2) is 9.18 Å². The van der Waals surface area contributed by atoms with Crippen molar-refractivity contribution in [2.45, 2.75) is 0 Å². The van der Waals surface area contributed by atoms with E-state index in [4.69, 9.17) is 10.5 Å². The van der Waals surface area contributed by atoms with Gasteiger partial charge in [-0.15, -0.1) is 0 Å². The molecule has 0 saturated heterocycles. The number of halogens is 2. The lowest BCUT2D eigenvalue weighted by molar-refractivity contribution is -0.118. The Labute approximate surface area is 139 Å². The fraction of sp³-hybridized carbons (Fsp3) is 0.0667. The van der Waals surface area contributed by atoms with E-state index < -0.39 is 17.8 Å². The molecule has 0 aliphatic carbocycles. The van der Waals surface area contributed by atoms with E-state index in [1.165, 1.54) is 12.1 Å². The van der Waals surface area contributed by atoms with Crippen molar-refractivity contribution in [1.82, 2.24) is 0 Å². The number of urea groups is 1. The number of primary amides is 1. The zero-order valence-corrected chi connectivity index (χ0v) is 13.4. The maximum atomic E-state index is 13.5. The van der Waals surface area contributed by atoms with E-state index in [0.717, 1.165) is 0 Å². The second-order valence-electron chi connectivity index (χ2n) is 4.48. The Morgan fingerprint density at radius 2 is 1.70 bits per heavy atom. The van der Waals surface area contributed by atoms with E-state index in [1.54, 1.807) is 30.3 Å². The van der Waals surface area contributed by atoms with Gasteiger partial charge in [-0.1, -0.05) is 15.9 Å². The first-order chi connectivity index (χ1) is 10.9. The van der Waals surface area contributed by atoms with Gasteiger partial charge < -0.3 is 21.1 Å². The molecular formula is C15H13BrFN3O3. The molecule has 8 heteroatoms. The summed E-state index contributed by atoms with van der Waals surface area (Å²) in [6, 6.07) is 9.94. The summed E-state index contributed by atoms with van der Waals surface area (Å²) in [6.07, 6.45) is 0. The van der Waals surface area contributed by atoms with Crippen molar-refractivity contribution in [1.29, 1.82) is 0 Å². The van der Waals surface area contributed by atoms with Crippen molar-refractivity contribution in [2.75, 3.05) is 17.2 Å². The van der Waals surface area contributed by atoms with Gasteiger partial charge in [0, 0.05) is 15.8 Å². The largest absolute Gasteiger partial charge is 0.481 e. The molecule has 2 aromatic carbocycles. The standard InChI is InChI=1S/C15H13BrFN3O3/c16-9-1-6-13(12(17)7-9)23-8-14(21)19-10-2-4-11(5-3-10)20-15(18)22/h1-7H,8H2,(H,19,21)(H3,18,20,22). The molecule has 0 saturated carbocycles. The Balaban J connectivity index is 1.88. The molecule has 0 unspecified atom stereocenters. The molecular weight excluding hydrogens is 369 g/mol. The number of hydrogen-bond acceptors (Lipinski definition) is 3. The fourth-order valence-corrected chi connectivity index (χ4v) is 2.04. The lowest BCUT2D eigenvalue weighted by atomic mass is 10.3. The van der Waals surface area contributed by atoms with Crippen LogP contribution < -0.4 is 21.1 Å². The number of carbonyl (C=O) groups excluding carboxylic acids is 2. The van der Waals surface area contributed by atoms with Crippen LogP contribution in [-0.2, 0) is 4.79 Å². The molecule has 0 aliphatic heterocycles. The molecule has 0 fully saturated rings. The lowest BCUT2D eigenvalue weighted by Crippen LogP contribution is -2.21. The van der Waals surface area contributed by atoms with E-state index in [-0.39, 0.29) is 12.4 Å². The third-order valence-electron chi connectivity index (χ3n) is 2.69. The van der Waals surface area contributed by atoms with E-state index in [0.29, 0.717) is 15.8 Å². The van der Waals surface area contributed by atoms with Gasteiger partial charge in [0.05, 0.1) is 0 Å². The van der Waals surface area contributed by atoms with Crippen LogP contribution in [0.5, 0.6) is 5.75 Å². The Morgan fingerprint density at radius 3 is 2.26 bits per heavy atom. The number of hydrogen-bond donors (Lipinski definition) is 3. The smallest absolute Gasteiger partial charge is 0.316 e. The number of rotatable bonds is 5. The summed E-state index contributed by atoms with van der Waals surface area (Å²) in [5.41, 5.74) is 6.00. The van der Waals surface area contributed by atoms with Gasteiger partial charge in [-0.05, 0) is 42.5 Å². The van der Waals surface area contributed by atoms with Gasteiger partial charge in [0.15, 0.2) is 18.2 Å². The monoisotopic (exact) mass is 381 g/mol. The first-order valence-electron chi connectivity index (χ1n) is 6.48. The summed E-state index contributed by atoms with van der Waals surface area (Å²) in [4.78, 5) is 22.5. The van der Waals surface area contributed by atoms with Crippen LogP contribution in [0.2, 0.25) is 0 Å². The van der Waals surface area contributed by atoms with E-state index in [9.17, 15) is 14.0 Å². The van der Waals surface area contributed by atoms with E-state index in [2.05, 4.69) is 26.6 Å². The predicted molar refractivity (Wildman–Crippen MR) is 87.9 cm³/mol. The maximum Gasteiger partial charge on any atom is 0.316 e. The predicted octanol–water partition coefficient (Wildman–Crippen LogP) is 3.10. The van der Waals surface area contributed by atoms with Crippen LogP contribution in [0.4, 0.5) is 20.6 Å². The van der Waals surface area contributed by atoms with Gasteiger partial charge in [0.25, 0.3) is 5.91 Å². The highest BCUT2D eigenvalue weighted by atomic mass is 79.9. The van der Waals surface area contributed by atoms with E-state index >= 15 is 0 Å². The molecule has 0 spiro atoms. The first kappa shape index (κ1) is 16.8. The Hall–Kier alpha value is -2.61. The number of nitrogens with two attached hydrogens (primary N) is 1. The molecule has 0 heterocycles. The van der Waals surface area contributed by atoms with Gasteiger partial charge in [-0.3, -0.25) is 4.79 Å². The number of benzene rings is 2. The van der Waals surface area contributed by atoms with Crippen LogP contribution in [0.1, 0.15) is 0 Å². The Kier molecular flexibility index (Phi) is 5.53. The second kappa shape index (κ2) is 7.59. The van der Waals surface area contributed by atoms with Crippen molar-refractivity contribution in [3.63, 3.8) is 0 Å². The number of anilines is 2. The minimum atomic E-state index is -0.674. The molecule has 0 aromatic heterocycles. The molecule has 0 atom stereocenters. The molecule has 3 amide bonds. The van der Waals surface area contributed by atoms with Gasteiger partial charge in [0.2, 0.25) is 0 Å². The van der Waals surface area contributed by atoms with Gasteiger partial charge in [-0.2, -0.15) is 0 Å². The molecule has 4 N–H and O–H groups in total. The zero-order valence-electron chi connectivity index (χ0n) is 11.8. The van der Waals surface area contributed by atoms with Crippen LogP contribution >= 0.6 is 15.9 Å². The molecule has 6 nitrogen and oxygen atoms in total. The minimum absolute atomic E-state index is 0.00986. The van der Waals surface area contributed by atoms with Gasteiger partial charge in [0.1, 0.15) is 0 Å². The summed E-state index contributed by atoms with van der Waals surface area (Å²) in [5, 5.41) is 4.98. The third kappa shape index (κ3) is 5.26. The normalized spacial score (nSPS) is 10.0. The molecule has 23 heavy (non-hydrogen) atoms. The van der Waals surface area contributed by atoms with Crippen LogP contribution in [0.15, 0.2) is 46.9 Å². The van der Waals surface area contributed by atoms with Crippen molar-refractivity contribution in [3.8, 4) is 5.75 Å². The molecule has 0 aliphatic rings. The van der Waals surface area contributed by atoms with Crippen LogP contribution in [0.3, 0.4) is 0 Å². The summed E-state index contributed by atoms with van der Waals surface area (Å²) in [6.45, 7) is -0.333. The van der Waals surface area contributed by atoms with Gasteiger partial charge >= 0.3 is 6.03 Å². The van der Waals surface area contributed by atoms with Crippen molar-refractivity contribution < 1.29 is 18.7 Å². The highest BCUT2D eigenvalue weighted by Gasteiger charge is 2.08. The highest BCUT2D eigenvalue weighted by molar-refractivity contribution is 9.10. The Bertz CT molecular complexity index is 722. The quantitative estimate of drug-likeness (QED) is 0.742. The van der Waals surface area contributed by atoms with E-state index in [1.807, 2.05) is 0 Å². The summed E-state index contributed by atoms with van der Waals surface area (Å²) < 4.78 is 19.2. The summed E-state index contributed by atoms with van der Waals surface area (Å²) >= 11 is 3.13. The molecule has 0 bridgehead atoms. The minimum Gasteiger partial charge on any atom is -0.481 e. The molecule has 0 radical (unpaired) electrons. The number of amides is 3. The third-order valence-corrected chi connectivity index (χ3v) is 3.18. The average Bonchev–Trinajstić information content (AvgIpc) is 2.48. The number of nitrogens with one attached hydrogen (secondary N) is 2. The SMILES string of the molecule is NC(=O)Nc1ccc(NC(=O)COc2ccc(Br)cc2F)cc1. The van der Waals surface area contributed by atoms with Crippen LogP contribution in [0.25, 0.3) is 0 Å². The highest BCUT2D eigenvalue weighted by Crippen LogP contribution is 2.21. The molecule has 2 aromatic rings. The maximum absolute atomic E-state index is 13.5. The first-order valence-corrected chi connectivity index (χ1v) is 7.27. The average molecular weight is 382 g/mol. The fourth-order valence-electron chi connectivity index (χ4n) is 1.71. The van der Waals surface area contributed by atoms with Crippen molar-refractivity contribution in [3.05, 3.63) is 52.8 Å². The second-order valence-corrected chi connectivity index (χ2v) is 5.39. The summed E-state index contributed by atoms with van der Waals surface area (Å²) in [7, 11) is 0. The van der Waals surface area contributed by atoms with Crippen LogP contribution in [0, 0.1) is 5.82 Å². The zero-order chi connectivity index (χ0) is 16.8. The number of ether oxygens (including phenoxy) is 1. The van der Waals surface area contributed by atoms with Crippen LogP contribution in [-0.4, -0.2) is 18.5 Å². The summed E-state index contributed by atoms with van der Waals surface area (Å²) in [5.74, 6) is -1.01. The molecule has 2 rings (SSSR count). The van der Waals surface area contributed by atoms with Crippen molar-refractivity contribution >= 4 is 39.2 Å².